The fourth-order valence-electron chi connectivity index (χ4n) is 0.852. The van der Waals surface area contributed by atoms with Gasteiger partial charge in [-0.05, 0) is 6.07 Å². The van der Waals surface area contributed by atoms with Crippen LogP contribution in [0.4, 0.5) is 4.79 Å². The number of thiol groups is 2. The minimum Gasteiger partial charge on any atom is -0.453 e. The molecule has 0 radical (unpaired) electrons. The average Bonchev–Trinajstić information content (AvgIpc) is 2.15. The molecule has 0 bridgehead atoms. The average molecular weight is 232 g/mol. The Bertz CT molecular complexity index is 301. The highest BCUT2D eigenvalue weighted by molar-refractivity contribution is 8.68. The summed E-state index contributed by atoms with van der Waals surface area (Å²) in [4.78, 5) is 11.4. The Morgan fingerprint density at radius 1 is 1.46 bits per heavy atom. The lowest BCUT2D eigenvalue weighted by Gasteiger charge is -2.05. The SMILES string of the molecule is O=C(S)OCc1ccccc1SS. The number of hydrogen-bond acceptors (Lipinski definition) is 4. The predicted octanol–water partition coefficient (Wildman–Crippen LogP) is 3.19. The number of ether oxygens (including phenoxy) is 1. The largest absolute Gasteiger partial charge is 0.453 e. The Hall–Kier alpha value is -0.260. The van der Waals surface area contributed by atoms with E-state index in [2.05, 4.69) is 24.3 Å². The summed E-state index contributed by atoms with van der Waals surface area (Å²) in [5.41, 5.74) is 0.935. The van der Waals surface area contributed by atoms with Crippen molar-refractivity contribution in [3.8, 4) is 0 Å². The molecule has 70 valence electrons. The van der Waals surface area contributed by atoms with E-state index in [1.165, 1.54) is 10.8 Å². The van der Waals surface area contributed by atoms with Crippen LogP contribution in [0.3, 0.4) is 0 Å². The van der Waals surface area contributed by atoms with E-state index in [9.17, 15) is 4.79 Å². The summed E-state index contributed by atoms with van der Waals surface area (Å²) in [6.45, 7) is 0.242. The molecule has 0 amide bonds. The Kier molecular flexibility index (Phi) is 4.55. The van der Waals surface area contributed by atoms with Gasteiger partial charge in [0, 0.05) is 10.5 Å². The minimum atomic E-state index is -0.570. The highest BCUT2D eigenvalue weighted by atomic mass is 33.1. The van der Waals surface area contributed by atoms with Gasteiger partial charge < -0.3 is 4.74 Å². The van der Waals surface area contributed by atoms with Gasteiger partial charge in [-0.3, -0.25) is 0 Å². The van der Waals surface area contributed by atoms with Gasteiger partial charge in [-0.2, -0.15) is 0 Å². The van der Waals surface area contributed by atoms with Crippen LogP contribution in [0.2, 0.25) is 0 Å². The molecule has 0 saturated carbocycles. The quantitative estimate of drug-likeness (QED) is 0.476. The molecule has 0 atom stereocenters. The van der Waals surface area contributed by atoms with Crippen molar-refractivity contribution >= 4 is 40.4 Å². The molecule has 1 rings (SSSR count). The van der Waals surface area contributed by atoms with E-state index in [-0.39, 0.29) is 6.61 Å². The molecule has 0 aliphatic rings. The summed E-state index contributed by atoms with van der Waals surface area (Å²) in [7, 11) is 1.33. The summed E-state index contributed by atoms with van der Waals surface area (Å²) >= 11 is 7.59. The van der Waals surface area contributed by atoms with Crippen molar-refractivity contribution in [2.45, 2.75) is 11.5 Å². The van der Waals surface area contributed by atoms with Gasteiger partial charge in [-0.25, -0.2) is 4.79 Å². The number of carbonyl (C=O) groups excluding carboxylic acids is 1. The molecular weight excluding hydrogens is 224 g/mol. The lowest BCUT2D eigenvalue weighted by atomic mass is 10.2. The van der Waals surface area contributed by atoms with E-state index in [0.717, 1.165) is 10.5 Å². The Morgan fingerprint density at radius 2 is 2.15 bits per heavy atom. The highest BCUT2D eigenvalue weighted by Crippen LogP contribution is 2.25. The Morgan fingerprint density at radius 3 is 2.77 bits per heavy atom. The molecule has 0 N–H and O–H groups in total. The maximum absolute atomic E-state index is 10.4. The second kappa shape index (κ2) is 5.47. The second-order valence-corrected chi connectivity index (χ2v) is 3.79. The minimum absolute atomic E-state index is 0.242. The highest BCUT2D eigenvalue weighted by Gasteiger charge is 2.02. The lowest BCUT2D eigenvalue weighted by Crippen LogP contribution is -1.95. The molecule has 0 aromatic heterocycles. The maximum atomic E-state index is 10.4. The van der Waals surface area contributed by atoms with Crippen LogP contribution in [0.1, 0.15) is 5.56 Å². The molecule has 13 heavy (non-hydrogen) atoms. The maximum Gasteiger partial charge on any atom is 0.364 e. The van der Waals surface area contributed by atoms with Gasteiger partial charge in [-0.15, -0.1) is 11.7 Å². The molecule has 0 fully saturated rings. The summed E-state index contributed by atoms with van der Waals surface area (Å²) in [5, 5.41) is -0.570. The lowest BCUT2D eigenvalue weighted by molar-refractivity contribution is 0.168. The topological polar surface area (TPSA) is 26.3 Å². The smallest absolute Gasteiger partial charge is 0.364 e. The molecule has 5 heteroatoms. The first-order valence-electron chi connectivity index (χ1n) is 3.49. The summed E-state index contributed by atoms with van der Waals surface area (Å²) < 4.78 is 4.75. The van der Waals surface area contributed by atoms with Crippen LogP contribution in [0.25, 0.3) is 0 Å². The van der Waals surface area contributed by atoms with E-state index in [4.69, 9.17) is 4.74 Å². The van der Waals surface area contributed by atoms with Gasteiger partial charge in [0.1, 0.15) is 6.61 Å². The third-order valence-corrected chi connectivity index (χ3v) is 2.74. The molecular formula is C8H8O2S3. The molecule has 0 heterocycles. The van der Waals surface area contributed by atoms with Crippen LogP contribution in [0.15, 0.2) is 29.2 Å². The predicted molar refractivity (Wildman–Crippen MR) is 60.5 cm³/mol. The zero-order chi connectivity index (χ0) is 9.68. The summed E-state index contributed by atoms with van der Waals surface area (Å²) in [6.07, 6.45) is 0. The monoisotopic (exact) mass is 232 g/mol. The van der Waals surface area contributed by atoms with E-state index < -0.39 is 5.30 Å². The number of hydrogen-bond donors (Lipinski definition) is 2. The van der Waals surface area contributed by atoms with Gasteiger partial charge in [0.05, 0.1) is 0 Å². The van der Waals surface area contributed by atoms with Crippen LogP contribution in [-0.2, 0) is 11.3 Å². The molecule has 0 aliphatic heterocycles. The van der Waals surface area contributed by atoms with E-state index >= 15 is 0 Å². The summed E-state index contributed by atoms with van der Waals surface area (Å²) in [5.74, 6) is 0. The van der Waals surface area contributed by atoms with Crippen molar-refractivity contribution in [2.24, 2.45) is 0 Å². The normalized spacial score (nSPS) is 9.69. The van der Waals surface area contributed by atoms with Crippen LogP contribution in [0, 0.1) is 0 Å². The van der Waals surface area contributed by atoms with Gasteiger partial charge >= 0.3 is 5.30 Å². The summed E-state index contributed by atoms with van der Waals surface area (Å²) in [6, 6.07) is 7.59. The van der Waals surface area contributed by atoms with E-state index in [1.54, 1.807) is 0 Å². The fraction of sp³-hybridized carbons (Fsp3) is 0.125. The zero-order valence-electron chi connectivity index (χ0n) is 6.64. The van der Waals surface area contributed by atoms with Gasteiger partial charge in [0.15, 0.2) is 0 Å². The van der Waals surface area contributed by atoms with Crippen molar-refractivity contribution in [2.75, 3.05) is 0 Å². The van der Waals surface area contributed by atoms with Crippen molar-refractivity contribution in [3.05, 3.63) is 29.8 Å². The molecule has 0 spiro atoms. The van der Waals surface area contributed by atoms with Crippen molar-refractivity contribution < 1.29 is 9.53 Å². The van der Waals surface area contributed by atoms with E-state index in [0.29, 0.717) is 0 Å². The van der Waals surface area contributed by atoms with Gasteiger partial charge in [0.2, 0.25) is 0 Å². The standard InChI is InChI=1S/C8H8O2S3/c9-8(11)10-5-6-3-1-2-4-7(6)13-12/h1-4,12H,5H2,(H,9,11). The van der Waals surface area contributed by atoms with Gasteiger partial charge in [-0.1, -0.05) is 41.6 Å². The molecule has 0 aliphatic carbocycles. The van der Waals surface area contributed by atoms with Crippen molar-refractivity contribution in [3.63, 3.8) is 0 Å². The molecule has 1 aromatic rings. The Labute approximate surface area is 91.3 Å². The second-order valence-electron chi connectivity index (χ2n) is 2.25. The van der Waals surface area contributed by atoms with Crippen LogP contribution in [0.5, 0.6) is 0 Å². The first-order chi connectivity index (χ1) is 6.24. The van der Waals surface area contributed by atoms with E-state index in [1.807, 2.05) is 24.3 Å². The first-order valence-corrected chi connectivity index (χ1v) is 5.80. The third kappa shape index (κ3) is 3.54. The number of rotatable bonds is 3. The van der Waals surface area contributed by atoms with Crippen molar-refractivity contribution in [1.82, 2.24) is 0 Å². The molecule has 0 unspecified atom stereocenters. The number of benzene rings is 1. The first kappa shape index (κ1) is 10.8. The van der Waals surface area contributed by atoms with Crippen molar-refractivity contribution in [1.29, 1.82) is 0 Å². The molecule has 2 nitrogen and oxygen atoms in total. The number of carbonyl (C=O) groups is 1. The molecule has 1 aromatic carbocycles. The van der Waals surface area contributed by atoms with Gasteiger partial charge in [0.25, 0.3) is 0 Å². The van der Waals surface area contributed by atoms with Crippen LogP contribution in [-0.4, -0.2) is 5.30 Å². The third-order valence-electron chi connectivity index (χ3n) is 1.42. The fourth-order valence-corrected chi connectivity index (χ4v) is 1.83. The molecule has 0 saturated heterocycles. The zero-order valence-corrected chi connectivity index (χ0v) is 9.24. The van der Waals surface area contributed by atoms with Crippen LogP contribution >= 0.6 is 35.1 Å². The Balaban J connectivity index is 2.69. The van der Waals surface area contributed by atoms with Crippen LogP contribution < -0.4 is 0 Å².